The second-order valence-corrected chi connectivity index (χ2v) is 3.55. The standard InChI is InChI=1S/C12H16N2/c1-3-11-8-9-7-10(13)5-6-12(9)14(11)4-2/h5-8H,3-4,13H2,1-2H3. The minimum Gasteiger partial charge on any atom is -0.399 e. The van der Waals surface area contributed by atoms with Crippen molar-refractivity contribution < 1.29 is 0 Å². The van der Waals surface area contributed by atoms with Crippen LogP contribution >= 0.6 is 0 Å². The molecular formula is C12H16N2. The fourth-order valence-electron chi connectivity index (χ4n) is 2.01. The summed E-state index contributed by atoms with van der Waals surface area (Å²) in [5.74, 6) is 0. The molecule has 0 unspecified atom stereocenters. The first-order valence-electron chi connectivity index (χ1n) is 5.14. The third kappa shape index (κ3) is 1.27. The van der Waals surface area contributed by atoms with Crippen molar-refractivity contribution in [2.45, 2.75) is 26.8 Å². The number of aryl methyl sites for hydroxylation is 2. The van der Waals surface area contributed by atoms with Gasteiger partial charge in [-0.3, -0.25) is 0 Å². The summed E-state index contributed by atoms with van der Waals surface area (Å²) in [4.78, 5) is 0. The zero-order valence-corrected chi connectivity index (χ0v) is 8.75. The Bertz CT molecular complexity index is 455. The van der Waals surface area contributed by atoms with E-state index in [9.17, 15) is 0 Å². The molecule has 0 radical (unpaired) electrons. The van der Waals surface area contributed by atoms with E-state index in [-0.39, 0.29) is 0 Å². The average molecular weight is 188 g/mol. The van der Waals surface area contributed by atoms with Gasteiger partial charge in [0.25, 0.3) is 0 Å². The lowest BCUT2D eigenvalue weighted by Gasteiger charge is -2.05. The third-order valence-corrected chi connectivity index (χ3v) is 2.69. The molecule has 0 aliphatic rings. The van der Waals surface area contributed by atoms with Crippen LogP contribution in [0.4, 0.5) is 5.69 Å². The number of nitrogen functional groups attached to an aromatic ring is 1. The van der Waals surface area contributed by atoms with Gasteiger partial charge in [-0.2, -0.15) is 0 Å². The molecule has 2 aromatic rings. The maximum atomic E-state index is 5.76. The van der Waals surface area contributed by atoms with Gasteiger partial charge in [-0.1, -0.05) is 6.92 Å². The SMILES string of the molecule is CCc1cc2cc(N)ccc2n1CC. The molecule has 0 aliphatic carbocycles. The predicted molar refractivity (Wildman–Crippen MR) is 61.4 cm³/mol. The normalized spacial score (nSPS) is 11.0. The van der Waals surface area contributed by atoms with Crippen molar-refractivity contribution in [3.05, 3.63) is 30.0 Å². The summed E-state index contributed by atoms with van der Waals surface area (Å²) in [6.07, 6.45) is 1.07. The largest absolute Gasteiger partial charge is 0.399 e. The molecule has 1 aromatic heterocycles. The molecule has 1 heterocycles. The van der Waals surface area contributed by atoms with Crippen molar-refractivity contribution in [1.29, 1.82) is 0 Å². The number of aromatic nitrogens is 1. The number of anilines is 1. The van der Waals surface area contributed by atoms with Crippen LogP contribution in [0.1, 0.15) is 19.5 Å². The molecule has 0 amide bonds. The Morgan fingerprint density at radius 2 is 2.00 bits per heavy atom. The first-order chi connectivity index (χ1) is 6.76. The number of nitrogens with zero attached hydrogens (tertiary/aromatic N) is 1. The molecule has 14 heavy (non-hydrogen) atoms. The van der Waals surface area contributed by atoms with Crippen LogP contribution in [0.3, 0.4) is 0 Å². The van der Waals surface area contributed by atoms with Crippen LogP contribution < -0.4 is 5.73 Å². The summed E-state index contributed by atoms with van der Waals surface area (Å²) in [6.45, 7) is 5.38. The van der Waals surface area contributed by atoms with Gasteiger partial charge in [0.2, 0.25) is 0 Å². The van der Waals surface area contributed by atoms with Gasteiger partial charge < -0.3 is 10.3 Å². The Hall–Kier alpha value is -1.44. The van der Waals surface area contributed by atoms with Gasteiger partial charge in [0.1, 0.15) is 0 Å². The first kappa shape index (κ1) is 9.13. The Kier molecular flexibility index (Phi) is 2.20. The third-order valence-electron chi connectivity index (χ3n) is 2.69. The Morgan fingerprint density at radius 3 is 2.64 bits per heavy atom. The smallest absolute Gasteiger partial charge is 0.0483 e. The summed E-state index contributed by atoms with van der Waals surface area (Å²) >= 11 is 0. The topological polar surface area (TPSA) is 30.9 Å². The lowest BCUT2D eigenvalue weighted by molar-refractivity contribution is 0.746. The molecule has 0 bridgehead atoms. The molecule has 0 spiro atoms. The molecule has 2 rings (SSSR count). The zero-order valence-electron chi connectivity index (χ0n) is 8.75. The summed E-state index contributed by atoms with van der Waals surface area (Å²) in [6, 6.07) is 8.34. The van der Waals surface area contributed by atoms with E-state index in [4.69, 9.17) is 5.73 Å². The van der Waals surface area contributed by atoms with Gasteiger partial charge in [-0.05, 0) is 37.6 Å². The number of rotatable bonds is 2. The van der Waals surface area contributed by atoms with Crippen molar-refractivity contribution in [1.82, 2.24) is 4.57 Å². The highest BCUT2D eigenvalue weighted by molar-refractivity contribution is 5.84. The van der Waals surface area contributed by atoms with Crippen molar-refractivity contribution in [3.8, 4) is 0 Å². The second kappa shape index (κ2) is 3.37. The maximum absolute atomic E-state index is 5.76. The first-order valence-corrected chi connectivity index (χ1v) is 5.14. The van der Waals surface area contributed by atoms with Gasteiger partial charge in [0.05, 0.1) is 0 Å². The molecule has 2 N–H and O–H groups in total. The van der Waals surface area contributed by atoms with Crippen LogP contribution in [0, 0.1) is 0 Å². The van der Waals surface area contributed by atoms with Crippen LogP contribution in [0.5, 0.6) is 0 Å². The van der Waals surface area contributed by atoms with E-state index in [1.165, 1.54) is 16.6 Å². The highest BCUT2D eigenvalue weighted by atomic mass is 15.0. The lowest BCUT2D eigenvalue weighted by Crippen LogP contribution is -1.98. The van der Waals surface area contributed by atoms with E-state index in [0.717, 1.165) is 18.7 Å². The van der Waals surface area contributed by atoms with Crippen LogP contribution in [0.15, 0.2) is 24.3 Å². The fraction of sp³-hybridized carbons (Fsp3) is 0.333. The van der Waals surface area contributed by atoms with Gasteiger partial charge in [-0.25, -0.2) is 0 Å². The second-order valence-electron chi connectivity index (χ2n) is 3.55. The minimum atomic E-state index is 0.841. The van der Waals surface area contributed by atoms with Gasteiger partial charge in [0.15, 0.2) is 0 Å². The lowest BCUT2D eigenvalue weighted by atomic mass is 10.2. The van der Waals surface area contributed by atoms with Crippen molar-refractivity contribution in [2.75, 3.05) is 5.73 Å². The Balaban J connectivity index is 2.73. The summed E-state index contributed by atoms with van der Waals surface area (Å²) < 4.78 is 2.34. The van der Waals surface area contributed by atoms with E-state index < -0.39 is 0 Å². The molecule has 2 heteroatoms. The Labute approximate surface area is 84.3 Å². The number of hydrogen-bond donors (Lipinski definition) is 1. The van der Waals surface area contributed by atoms with Crippen molar-refractivity contribution in [2.24, 2.45) is 0 Å². The number of hydrogen-bond acceptors (Lipinski definition) is 1. The maximum Gasteiger partial charge on any atom is 0.0483 e. The molecule has 0 aliphatic heterocycles. The van der Waals surface area contributed by atoms with Crippen LogP contribution in [-0.4, -0.2) is 4.57 Å². The van der Waals surface area contributed by atoms with Crippen molar-refractivity contribution >= 4 is 16.6 Å². The predicted octanol–water partition coefficient (Wildman–Crippen LogP) is 2.81. The highest BCUT2D eigenvalue weighted by Gasteiger charge is 2.05. The molecule has 0 saturated heterocycles. The van der Waals surface area contributed by atoms with Crippen LogP contribution in [0.25, 0.3) is 10.9 Å². The molecule has 1 aromatic carbocycles. The van der Waals surface area contributed by atoms with Gasteiger partial charge in [-0.15, -0.1) is 0 Å². The van der Waals surface area contributed by atoms with Crippen molar-refractivity contribution in [3.63, 3.8) is 0 Å². The van der Waals surface area contributed by atoms with Crippen LogP contribution in [0.2, 0.25) is 0 Å². The van der Waals surface area contributed by atoms with E-state index in [1.807, 2.05) is 12.1 Å². The minimum absolute atomic E-state index is 0.841. The van der Waals surface area contributed by atoms with Gasteiger partial charge >= 0.3 is 0 Å². The molecule has 0 fully saturated rings. The van der Waals surface area contributed by atoms with E-state index in [1.54, 1.807) is 0 Å². The average Bonchev–Trinajstić information content (AvgIpc) is 2.54. The van der Waals surface area contributed by atoms with Gasteiger partial charge in [0, 0.05) is 28.8 Å². The van der Waals surface area contributed by atoms with Crippen LogP contribution in [-0.2, 0) is 13.0 Å². The summed E-state index contributed by atoms with van der Waals surface area (Å²) in [7, 11) is 0. The highest BCUT2D eigenvalue weighted by Crippen LogP contribution is 2.22. The molecule has 0 saturated carbocycles. The Morgan fingerprint density at radius 1 is 1.21 bits per heavy atom. The zero-order chi connectivity index (χ0) is 10.1. The number of nitrogens with two attached hydrogens (primary N) is 1. The quantitative estimate of drug-likeness (QED) is 0.722. The number of fused-ring (bicyclic) bond motifs is 1. The van der Waals surface area contributed by atoms with E-state index in [0.29, 0.717) is 0 Å². The number of benzene rings is 1. The van der Waals surface area contributed by atoms with E-state index >= 15 is 0 Å². The summed E-state index contributed by atoms with van der Waals surface area (Å²) in [5.41, 5.74) is 9.27. The molecular weight excluding hydrogens is 172 g/mol. The molecule has 74 valence electrons. The summed E-state index contributed by atoms with van der Waals surface area (Å²) in [5, 5.41) is 1.25. The fourth-order valence-corrected chi connectivity index (χ4v) is 2.01. The molecule has 2 nitrogen and oxygen atoms in total. The van der Waals surface area contributed by atoms with E-state index in [2.05, 4.69) is 30.5 Å². The monoisotopic (exact) mass is 188 g/mol. The molecule has 0 atom stereocenters.